The Kier molecular flexibility index (Phi) is 6.18. The number of carbonyl (C=O) groups is 1. The summed E-state index contributed by atoms with van der Waals surface area (Å²) in [6.07, 6.45) is 0. The SMILES string of the molecule is COCCNC(=O)CN(C)c1ccccc1CO. The smallest absolute Gasteiger partial charge is 0.239 e. The Hall–Kier alpha value is -1.59. The van der Waals surface area contributed by atoms with Gasteiger partial charge in [0.25, 0.3) is 0 Å². The molecule has 1 aromatic rings. The van der Waals surface area contributed by atoms with Crippen molar-refractivity contribution in [2.75, 3.05) is 38.8 Å². The number of anilines is 1. The Morgan fingerprint density at radius 2 is 2.17 bits per heavy atom. The molecule has 18 heavy (non-hydrogen) atoms. The third kappa shape index (κ3) is 4.35. The van der Waals surface area contributed by atoms with Gasteiger partial charge in [-0.2, -0.15) is 0 Å². The summed E-state index contributed by atoms with van der Waals surface area (Å²) >= 11 is 0. The molecule has 0 aliphatic carbocycles. The lowest BCUT2D eigenvalue weighted by molar-refractivity contribution is -0.119. The molecule has 0 atom stereocenters. The number of nitrogens with zero attached hydrogens (tertiary/aromatic N) is 1. The van der Waals surface area contributed by atoms with Crippen molar-refractivity contribution in [2.45, 2.75) is 6.61 Å². The van der Waals surface area contributed by atoms with Crippen molar-refractivity contribution in [3.8, 4) is 0 Å². The quantitative estimate of drug-likeness (QED) is 0.689. The Morgan fingerprint density at radius 1 is 1.44 bits per heavy atom. The van der Waals surface area contributed by atoms with Crippen molar-refractivity contribution in [3.05, 3.63) is 29.8 Å². The average Bonchev–Trinajstić information content (AvgIpc) is 2.39. The van der Waals surface area contributed by atoms with E-state index in [1.165, 1.54) is 0 Å². The predicted molar refractivity (Wildman–Crippen MR) is 70.5 cm³/mol. The van der Waals surface area contributed by atoms with E-state index in [1.807, 2.05) is 36.2 Å². The van der Waals surface area contributed by atoms with Crippen LogP contribution in [0.25, 0.3) is 0 Å². The second-order valence-electron chi connectivity index (χ2n) is 3.99. The topological polar surface area (TPSA) is 61.8 Å². The summed E-state index contributed by atoms with van der Waals surface area (Å²) in [4.78, 5) is 13.4. The van der Waals surface area contributed by atoms with Gasteiger partial charge in [-0.3, -0.25) is 4.79 Å². The number of hydrogen-bond acceptors (Lipinski definition) is 4. The first kappa shape index (κ1) is 14.5. The number of nitrogens with one attached hydrogen (secondary N) is 1. The molecule has 1 amide bonds. The van der Waals surface area contributed by atoms with Crippen LogP contribution in [-0.2, 0) is 16.1 Å². The molecular formula is C13H20N2O3. The number of carbonyl (C=O) groups excluding carboxylic acids is 1. The van der Waals surface area contributed by atoms with Crippen LogP contribution in [0.15, 0.2) is 24.3 Å². The van der Waals surface area contributed by atoms with Gasteiger partial charge in [-0.1, -0.05) is 18.2 Å². The first-order chi connectivity index (χ1) is 8.69. The van der Waals surface area contributed by atoms with Crippen LogP contribution in [0.4, 0.5) is 5.69 Å². The van der Waals surface area contributed by atoms with Crippen LogP contribution in [0.1, 0.15) is 5.56 Å². The van der Waals surface area contributed by atoms with Crippen LogP contribution in [0.3, 0.4) is 0 Å². The minimum Gasteiger partial charge on any atom is -0.392 e. The minimum absolute atomic E-state index is 0.0359. The monoisotopic (exact) mass is 252 g/mol. The van der Waals surface area contributed by atoms with E-state index in [-0.39, 0.29) is 19.1 Å². The molecule has 0 aliphatic heterocycles. The molecule has 1 aromatic carbocycles. The van der Waals surface area contributed by atoms with Crippen molar-refractivity contribution in [3.63, 3.8) is 0 Å². The highest BCUT2D eigenvalue weighted by molar-refractivity contribution is 5.81. The van der Waals surface area contributed by atoms with Crippen molar-refractivity contribution in [1.82, 2.24) is 5.32 Å². The van der Waals surface area contributed by atoms with Crippen LogP contribution >= 0.6 is 0 Å². The first-order valence-electron chi connectivity index (χ1n) is 5.84. The summed E-state index contributed by atoms with van der Waals surface area (Å²) in [6, 6.07) is 7.47. The van der Waals surface area contributed by atoms with Crippen molar-refractivity contribution in [2.24, 2.45) is 0 Å². The van der Waals surface area contributed by atoms with Crippen molar-refractivity contribution in [1.29, 1.82) is 0 Å². The number of ether oxygens (including phenoxy) is 1. The summed E-state index contributed by atoms with van der Waals surface area (Å²) in [7, 11) is 3.42. The maximum Gasteiger partial charge on any atom is 0.239 e. The van der Waals surface area contributed by atoms with Gasteiger partial charge in [-0.05, 0) is 6.07 Å². The molecule has 0 aliphatic rings. The number of methoxy groups -OCH3 is 1. The van der Waals surface area contributed by atoms with E-state index < -0.39 is 0 Å². The number of benzene rings is 1. The molecule has 0 spiro atoms. The van der Waals surface area contributed by atoms with Gasteiger partial charge in [0.05, 0.1) is 19.8 Å². The summed E-state index contributed by atoms with van der Waals surface area (Å²) in [5, 5.41) is 12.0. The summed E-state index contributed by atoms with van der Waals surface area (Å²) in [5.41, 5.74) is 1.67. The highest BCUT2D eigenvalue weighted by atomic mass is 16.5. The second kappa shape index (κ2) is 7.68. The number of hydrogen-bond donors (Lipinski definition) is 2. The standard InChI is InChI=1S/C13H20N2O3/c1-15(9-13(17)14-7-8-18-2)12-6-4-3-5-11(12)10-16/h3-6,16H,7-10H2,1-2H3,(H,14,17). The maximum atomic E-state index is 11.6. The fourth-order valence-electron chi connectivity index (χ4n) is 1.67. The third-order valence-electron chi connectivity index (χ3n) is 2.58. The number of aliphatic hydroxyl groups excluding tert-OH is 1. The number of likely N-dealkylation sites (N-methyl/N-ethyl adjacent to an activating group) is 1. The predicted octanol–water partition coefficient (Wildman–Crippen LogP) is 0.378. The molecule has 0 bridgehead atoms. The molecule has 5 nitrogen and oxygen atoms in total. The van der Waals surface area contributed by atoms with E-state index >= 15 is 0 Å². The fraction of sp³-hybridized carbons (Fsp3) is 0.462. The lowest BCUT2D eigenvalue weighted by atomic mass is 10.1. The largest absolute Gasteiger partial charge is 0.392 e. The molecule has 0 radical (unpaired) electrons. The zero-order valence-corrected chi connectivity index (χ0v) is 10.8. The Bertz CT molecular complexity index is 382. The zero-order chi connectivity index (χ0) is 13.4. The van der Waals surface area contributed by atoms with Gasteiger partial charge < -0.3 is 20.1 Å². The van der Waals surface area contributed by atoms with Gasteiger partial charge in [0.1, 0.15) is 0 Å². The number of rotatable bonds is 7. The van der Waals surface area contributed by atoms with E-state index in [4.69, 9.17) is 4.74 Å². The average molecular weight is 252 g/mol. The minimum atomic E-state index is -0.0673. The summed E-state index contributed by atoms with van der Waals surface area (Å²) in [5.74, 6) is -0.0673. The second-order valence-corrected chi connectivity index (χ2v) is 3.99. The van der Waals surface area contributed by atoms with Gasteiger partial charge >= 0.3 is 0 Å². The van der Waals surface area contributed by atoms with Crippen LogP contribution in [0, 0.1) is 0 Å². The van der Waals surface area contributed by atoms with Crippen LogP contribution in [0.2, 0.25) is 0 Å². The zero-order valence-electron chi connectivity index (χ0n) is 10.8. The molecule has 0 unspecified atom stereocenters. The van der Waals surface area contributed by atoms with Gasteiger partial charge in [0.15, 0.2) is 0 Å². The normalized spacial score (nSPS) is 10.2. The van der Waals surface area contributed by atoms with Gasteiger partial charge in [0.2, 0.25) is 5.91 Å². The number of amides is 1. The van der Waals surface area contributed by atoms with E-state index in [1.54, 1.807) is 7.11 Å². The molecule has 5 heteroatoms. The van der Waals surface area contributed by atoms with Gasteiger partial charge in [0, 0.05) is 32.0 Å². The molecule has 0 saturated heterocycles. The Balaban J connectivity index is 2.53. The molecule has 0 fully saturated rings. The van der Waals surface area contributed by atoms with Crippen LogP contribution < -0.4 is 10.2 Å². The van der Waals surface area contributed by atoms with Gasteiger partial charge in [-0.25, -0.2) is 0 Å². The van der Waals surface area contributed by atoms with Crippen LogP contribution in [-0.4, -0.2) is 44.9 Å². The van der Waals surface area contributed by atoms with E-state index in [9.17, 15) is 9.90 Å². The van der Waals surface area contributed by atoms with Crippen molar-refractivity contribution >= 4 is 11.6 Å². The fourth-order valence-corrected chi connectivity index (χ4v) is 1.67. The molecule has 100 valence electrons. The summed E-state index contributed by atoms with van der Waals surface area (Å²) in [6.45, 7) is 1.22. The third-order valence-corrected chi connectivity index (χ3v) is 2.58. The highest BCUT2D eigenvalue weighted by Crippen LogP contribution is 2.18. The molecule has 0 aromatic heterocycles. The highest BCUT2D eigenvalue weighted by Gasteiger charge is 2.09. The number of para-hydroxylation sites is 1. The lowest BCUT2D eigenvalue weighted by Crippen LogP contribution is -2.37. The molecule has 0 saturated carbocycles. The van der Waals surface area contributed by atoms with Crippen LogP contribution in [0.5, 0.6) is 0 Å². The van der Waals surface area contributed by atoms with Gasteiger partial charge in [-0.15, -0.1) is 0 Å². The van der Waals surface area contributed by atoms with E-state index in [0.29, 0.717) is 13.2 Å². The molecule has 0 heterocycles. The summed E-state index contributed by atoms with van der Waals surface area (Å²) < 4.78 is 4.86. The van der Waals surface area contributed by atoms with E-state index in [0.717, 1.165) is 11.3 Å². The Morgan fingerprint density at radius 3 is 2.83 bits per heavy atom. The maximum absolute atomic E-state index is 11.6. The first-order valence-corrected chi connectivity index (χ1v) is 5.84. The molecule has 1 rings (SSSR count). The molecular weight excluding hydrogens is 232 g/mol. The number of aliphatic hydroxyl groups is 1. The van der Waals surface area contributed by atoms with Crippen molar-refractivity contribution < 1.29 is 14.6 Å². The lowest BCUT2D eigenvalue weighted by Gasteiger charge is -2.21. The Labute approximate surface area is 107 Å². The molecule has 2 N–H and O–H groups in total. The van der Waals surface area contributed by atoms with E-state index in [2.05, 4.69) is 5.32 Å².